The molecule has 0 aliphatic carbocycles. The minimum Gasteiger partial charge on any atom is -0.476 e. The molecule has 0 saturated heterocycles. The Morgan fingerprint density at radius 3 is 2.68 bits per heavy atom. The molecule has 2 aromatic carbocycles. The van der Waals surface area contributed by atoms with Gasteiger partial charge >= 0.3 is 5.97 Å². The maximum Gasteiger partial charge on any atom is 0.337 e. The summed E-state index contributed by atoms with van der Waals surface area (Å²) < 4.78 is 36.6. The molecule has 1 aliphatic rings. The zero-order valence-electron chi connectivity index (χ0n) is 15.4. The van der Waals surface area contributed by atoms with Crippen LogP contribution in [0.4, 0.5) is 11.4 Å². The van der Waals surface area contributed by atoms with Gasteiger partial charge in [-0.2, -0.15) is 0 Å². The van der Waals surface area contributed by atoms with Crippen molar-refractivity contribution < 1.29 is 27.5 Å². The number of carbonyl (C=O) groups is 2. The van der Waals surface area contributed by atoms with Crippen molar-refractivity contribution in [2.45, 2.75) is 13.0 Å². The van der Waals surface area contributed by atoms with Crippen molar-refractivity contribution in [2.24, 2.45) is 0 Å². The molecule has 0 spiro atoms. The predicted octanol–water partition coefficient (Wildman–Crippen LogP) is 2.03. The van der Waals surface area contributed by atoms with Gasteiger partial charge in [-0.15, -0.1) is 0 Å². The van der Waals surface area contributed by atoms with Crippen molar-refractivity contribution in [3.05, 3.63) is 54.1 Å². The fourth-order valence-electron chi connectivity index (χ4n) is 2.82. The Labute approximate surface area is 163 Å². The standard InChI is InChI=1S/C19H20N2O6S/c1-3-28(24,25)21-12-17(27-16-10-5-4-9-15(16)21)18(22)20-14-8-6-7-13(11-14)19(23)26-2/h4-11,17H,3,12H2,1-2H3,(H,20,22)/t17-/m1/s1. The Kier molecular flexibility index (Phi) is 5.55. The molecule has 0 saturated carbocycles. The molecular formula is C19H20N2O6S. The van der Waals surface area contributed by atoms with E-state index < -0.39 is 28.0 Å². The first-order valence-electron chi connectivity index (χ1n) is 8.61. The van der Waals surface area contributed by atoms with Crippen molar-refractivity contribution in [3.8, 4) is 5.75 Å². The number of methoxy groups -OCH3 is 1. The van der Waals surface area contributed by atoms with Gasteiger partial charge in [0, 0.05) is 5.69 Å². The molecule has 9 heteroatoms. The highest BCUT2D eigenvalue weighted by Gasteiger charge is 2.35. The Bertz CT molecular complexity index is 1000. The second kappa shape index (κ2) is 7.89. The summed E-state index contributed by atoms with van der Waals surface area (Å²) in [6.45, 7) is 1.40. The van der Waals surface area contributed by atoms with Crippen molar-refractivity contribution >= 4 is 33.3 Å². The van der Waals surface area contributed by atoms with Gasteiger partial charge in [0.05, 0.1) is 30.7 Å². The van der Waals surface area contributed by atoms with Crippen LogP contribution >= 0.6 is 0 Å². The van der Waals surface area contributed by atoms with Gasteiger partial charge < -0.3 is 14.8 Å². The van der Waals surface area contributed by atoms with Gasteiger partial charge in [-0.3, -0.25) is 9.10 Å². The Hall–Kier alpha value is -3.07. The van der Waals surface area contributed by atoms with E-state index in [4.69, 9.17) is 4.74 Å². The highest BCUT2D eigenvalue weighted by molar-refractivity contribution is 7.92. The molecule has 3 rings (SSSR count). The number of ether oxygens (including phenoxy) is 2. The fraction of sp³-hybridized carbons (Fsp3) is 0.263. The van der Waals surface area contributed by atoms with E-state index in [0.29, 0.717) is 17.1 Å². The number of carbonyl (C=O) groups excluding carboxylic acids is 2. The van der Waals surface area contributed by atoms with E-state index in [-0.39, 0.29) is 17.9 Å². The lowest BCUT2D eigenvalue weighted by Gasteiger charge is -2.34. The van der Waals surface area contributed by atoms with Crippen LogP contribution in [0.1, 0.15) is 17.3 Å². The molecule has 0 aromatic heterocycles. The third-order valence-corrected chi connectivity index (χ3v) is 6.03. The Morgan fingerprint density at radius 2 is 1.96 bits per heavy atom. The number of hydrogen-bond acceptors (Lipinski definition) is 6. The van der Waals surface area contributed by atoms with Crippen LogP contribution in [0.5, 0.6) is 5.75 Å². The van der Waals surface area contributed by atoms with E-state index in [2.05, 4.69) is 10.1 Å². The van der Waals surface area contributed by atoms with E-state index >= 15 is 0 Å². The third kappa shape index (κ3) is 3.94. The second-order valence-electron chi connectivity index (χ2n) is 6.07. The maximum atomic E-state index is 12.7. The fourth-order valence-corrected chi connectivity index (χ4v) is 3.95. The smallest absolute Gasteiger partial charge is 0.337 e. The average Bonchev–Trinajstić information content (AvgIpc) is 2.72. The molecule has 8 nitrogen and oxygen atoms in total. The lowest BCUT2D eigenvalue weighted by molar-refractivity contribution is -0.122. The van der Waals surface area contributed by atoms with Crippen LogP contribution in [-0.4, -0.2) is 45.8 Å². The number of fused-ring (bicyclic) bond motifs is 1. The van der Waals surface area contributed by atoms with Gasteiger partial charge in [0.1, 0.15) is 5.75 Å². The summed E-state index contributed by atoms with van der Waals surface area (Å²) in [5.41, 5.74) is 1.06. The maximum absolute atomic E-state index is 12.7. The number of nitrogens with one attached hydrogen (secondary N) is 1. The SMILES string of the molecule is CCS(=O)(=O)N1C[C@H](C(=O)Nc2cccc(C(=O)OC)c2)Oc2ccccc21. The van der Waals surface area contributed by atoms with Crippen LogP contribution < -0.4 is 14.4 Å². The van der Waals surface area contributed by atoms with E-state index in [1.165, 1.54) is 17.5 Å². The first-order chi connectivity index (χ1) is 13.4. The monoisotopic (exact) mass is 404 g/mol. The zero-order chi connectivity index (χ0) is 20.3. The second-order valence-corrected chi connectivity index (χ2v) is 8.25. The number of hydrogen-bond donors (Lipinski definition) is 1. The topological polar surface area (TPSA) is 102 Å². The molecule has 148 valence electrons. The quantitative estimate of drug-likeness (QED) is 0.765. The van der Waals surface area contributed by atoms with Crippen molar-refractivity contribution in [1.29, 1.82) is 0 Å². The van der Waals surface area contributed by atoms with Gasteiger partial charge in [-0.25, -0.2) is 13.2 Å². The summed E-state index contributed by atoms with van der Waals surface area (Å²) in [5.74, 6) is -0.835. The van der Waals surface area contributed by atoms with Gasteiger partial charge in [0.25, 0.3) is 5.91 Å². The van der Waals surface area contributed by atoms with Crippen molar-refractivity contribution in [3.63, 3.8) is 0 Å². The minimum absolute atomic E-state index is 0.100. The first kappa shape index (κ1) is 19.7. The summed E-state index contributed by atoms with van der Waals surface area (Å²) >= 11 is 0. The molecule has 1 atom stereocenters. The summed E-state index contributed by atoms with van der Waals surface area (Å²) in [4.78, 5) is 24.4. The van der Waals surface area contributed by atoms with Gasteiger partial charge in [-0.1, -0.05) is 18.2 Å². The molecule has 0 radical (unpaired) electrons. The lowest BCUT2D eigenvalue weighted by atomic mass is 10.2. The molecular weight excluding hydrogens is 384 g/mol. The molecule has 2 aromatic rings. The molecule has 28 heavy (non-hydrogen) atoms. The Balaban J connectivity index is 1.84. The molecule has 0 fully saturated rings. The molecule has 1 aliphatic heterocycles. The number of sulfonamides is 1. The summed E-state index contributed by atoms with van der Waals surface area (Å²) in [7, 11) is -2.32. The van der Waals surface area contributed by atoms with Gasteiger partial charge in [0.15, 0.2) is 6.10 Å². The Morgan fingerprint density at radius 1 is 1.21 bits per heavy atom. The number of nitrogens with zero attached hydrogens (tertiary/aromatic N) is 1. The van der Waals surface area contributed by atoms with E-state index in [0.717, 1.165) is 0 Å². The molecule has 0 bridgehead atoms. The molecule has 1 amide bonds. The van der Waals surface area contributed by atoms with Crippen LogP contribution in [0, 0.1) is 0 Å². The summed E-state index contributed by atoms with van der Waals surface area (Å²) in [6, 6.07) is 12.9. The van der Waals surface area contributed by atoms with Crippen LogP contribution in [0.2, 0.25) is 0 Å². The van der Waals surface area contributed by atoms with Crippen molar-refractivity contribution in [1.82, 2.24) is 0 Å². The van der Waals surface area contributed by atoms with E-state index in [1.54, 1.807) is 49.4 Å². The van der Waals surface area contributed by atoms with Crippen molar-refractivity contribution in [2.75, 3.05) is 29.0 Å². The largest absolute Gasteiger partial charge is 0.476 e. The summed E-state index contributed by atoms with van der Waals surface area (Å²) in [5, 5.41) is 2.66. The normalized spacial score (nSPS) is 15.9. The number of anilines is 2. The van der Waals surface area contributed by atoms with Gasteiger partial charge in [-0.05, 0) is 37.3 Å². The lowest BCUT2D eigenvalue weighted by Crippen LogP contribution is -2.49. The highest BCUT2D eigenvalue weighted by atomic mass is 32.2. The van der Waals surface area contributed by atoms with Crippen LogP contribution in [-0.2, 0) is 19.6 Å². The van der Waals surface area contributed by atoms with E-state index in [9.17, 15) is 18.0 Å². The first-order valence-corrected chi connectivity index (χ1v) is 10.2. The summed E-state index contributed by atoms with van der Waals surface area (Å²) in [6.07, 6.45) is -1.04. The molecule has 1 N–H and O–H groups in total. The highest BCUT2D eigenvalue weighted by Crippen LogP contribution is 2.35. The van der Waals surface area contributed by atoms with E-state index in [1.807, 2.05) is 0 Å². The number of para-hydroxylation sites is 2. The number of esters is 1. The average molecular weight is 404 g/mol. The predicted molar refractivity (Wildman–Crippen MR) is 104 cm³/mol. The molecule has 0 unspecified atom stereocenters. The van der Waals surface area contributed by atoms with Gasteiger partial charge in [0.2, 0.25) is 10.0 Å². The molecule has 1 heterocycles. The van der Waals surface area contributed by atoms with Crippen LogP contribution in [0.25, 0.3) is 0 Å². The van der Waals surface area contributed by atoms with Crippen LogP contribution in [0.15, 0.2) is 48.5 Å². The number of amides is 1. The third-order valence-electron chi connectivity index (χ3n) is 4.28. The number of rotatable bonds is 5. The zero-order valence-corrected chi connectivity index (χ0v) is 16.2. The van der Waals surface area contributed by atoms with Crippen LogP contribution in [0.3, 0.4) is 0 Å². The number of benzene rings is 2. The minimum atomic E-state index is -3.58.